The Kier molecular flexibility index (Phi) is 5.81. The predicted molar refractivity (Wildman–Crippen MR) is 104 cm³/mol. The molecule has 0 atom stereocenters. The van der Waals surface area contributed by atoms with Crippen LogP contribution in [0.4, 0.5) is 0 Å². The number of hydrogen-bond donors (Lipinski definition) is 0. The van der Waals surface area contributed by atoms with Gasteiger partial charge >= 0.3 is 0 Å². The molecule has 3 aromatic rings. The van der Waals surface area contributed by atoms with Crippen molar-refractivity contribution in [2.45, 2.75) is 18.0 Å². The van der Waals surface area contributed by atoms with E-state index in [1.165, 1.54) is 18.4 Å². The van der Waals surface area contributed by atoms with Crippen molar-refractivity contribution >= 4 is 33.0 Å². The molecule has 27 heavy (non-hydrogen) atoms. The second-order valence-electron chi connectivity index (χ2n) is 6.22. The van der Waals surface area contributed by atoms with Crippen molar-refractivity contribution in [3.63, 3.8) is 0 Å². The van der Waals surface area contributed by atoms with Crippen molar-refractivity contribution in [3.05, 3.63) is 63.9 Å². The van der Waals surface area contributed by atoms with E-state index in [9.17, 15) is 8.42 Å². The Morgan fingerprint density at radius 2 is 1.67 bits per heavy atom. The molecule has 142 valence electrons. The minimum absolute atomic E-state index is 0.246. The summed E-state index contributed by atoms with van der Waals surface area (Å²) in [6, 6.07) is 11.8. The van der Waals surface area contributed by atoms with E-state index in [2.05, 4.69) is 15.5 Å². The Morgan fingerprint density at radius 3 is 2.26 bits per heavy atom. The first kappa shape index (κ1) is 19.8. The summed E-state index contributed by atoms with van der Waals surface area (Å²) < 4.78 is 24.8. The lowest BCUT2D eigenvalue weighted by atomic mass is 10.2. The third-order valence-electron chi connectivity index (χ3n) is 3.83. The van der Waals surface area contributed by atoms with Crippen molar-refractivity contribution in [1.82, 2.24) is 25.1 Å². The van der Waals surface area contributed by atoms with Gasteiger partial charge in [-0.15, -0.1) is 5.10 Å². The molecule has 0 bridgehead atoms. The van der Waals surface area contributed by atoms with Gasteiger partial charge in [0, 0.05) is 22.8 Å². The molecule has 0 saturated heterocycles. The lowest BCUT2D eigenvalue weighted by molar-refractivity contribution is 0.307. The number of halogens is 2. The molecule has 0 fully saturated rings. The summed E-state index contributed by atoms with van der Waals surface area (Å²) in [6.07, 6.45) is 1.17. The maximum absolute atomic E-state index is 11.6. The zero-order chi connectivity index (χ0) is 19.6. The highest BCUT2D eigenvalue weighted by atomic mass is 35.5. The van der Waals surface area contributed by atoms with E-state index in [-0.39, 0.29) is 4.90 Å². The van der Waals surface area contributed by atoms with E-state index in [1.54, 1.807) is 22.9 Å². The average molecular weight is 426 g/mol. The van der Waals surface area contributed by atoms with E-state index in [0.29, 0.717) is 34.6 Å². The summed E-state index contributed by atoms with van der Waals surface area (Å²) in [5, 5.41) is 13.0. The normalized spacial score (nSPS) is 11.9. The van der Waals surface area contributed by atoms with Gasteiger partial charge in [0.2, 0.25) is 0 Å². The Balaban J connectivity index is 1.76. The van der Waals surface area contributed by atoms with Gasteiger partial charge in [0.05, 0.1) is 17.1 Å². The fourth-order valence-electron chi connectivity index (χ4n) is 2.65. The van der Waals surface area contributed by atoms with Gasteiger partial charge in [0.15, 0.2) is 15.7 Å². The number of rotatable bonds is 6. The van der Waals surface area contributed by atoms with Crippen LogP contribution in [0.15, 0.2) is 47.4 Å². The summed E-state index contributed by atoms with van der Waals surface area (Å²) in [7, 11) is -1.32. The van der Waals surface area contributed by atoms with Crippen LogP contribution in [0.5, 0.6) is 0 Å². The molecular weight excluding hydrogens is 409 g/mol. The number of tetrazole rings is 1. The molecule has 0 saturated carbocycles. The first-order valence-electron chi connectivity index (χ1n) is 7.93. The molecule has 2 aromatic carbocycles. The molecule has 0 radical (unpaired) electrons. The van der Waals surface area contributed by atoms with E-state index in [1.807, 2.05) is 24.1 Å². The standard InChI is InChI=1S/C17H17Cl2N5O2S/c1-23(10-12-7-13(18)9-14(19)8-12)11-17-20-21-22-24(17)15-3-5-16(6-4-15)27(2,25)26/h3-9H,10-11H2,1-2H3. The zero-order valence-electron chi connectivity index (χ0n) is 14.7. The molecule has 1 aromatic heterocycles. The molecule has 0 spiro atoms. The maximum atomic E-state index is 11.6. The molecule has 0 N–H and O–H groups in total. The first-order chi connectivity index (χ1) is 12.7. The molecule has 3 rings (SSSR count). The second kappa shape index (κ2) is 7.93. The van der Waals surface area contributed by atoms with Crippen LogP contribution in [0.1, 0.15) is 11.4 Å². The van der Waals surface area contributed by atoms with E-state index < -0.39 is 9.84 Å². The van der Waals surface area contributed by atoms with Crippen LogP contribution in [0.2, 0.25) is 10.0 Å². The zero-order valence-corrected chi connectivity index (χ0v) is 17.0. The summed E-state index contributed by atoms with van der Waals surface area (Å²) in [4.78, 5) is 2.27. The predicted octanol–water partition coefficient (Wildman–Crippen LogP) is 3.00. The van der Waals surface area contributed by atoms with Gasteiger partial charge in [0.1, 0.15) is 0 Å². The lowest BCUT2D eigenvalue weighted by Crippen LogP contribution is -2.20. The average Bonchev–Trinajstić information content (AvgIpc) is 3.01. The number of aromatic nitrogens is 4. The molecule has 0 amide bonds. The van der Waals surface area contributed by atoms with E-state index in [0.717, 1.165) is 5.56 Å². The molecule has 0 aliphatic carbocycles. The monoisotopic (exact) mass is 425 g/mol. The van der Waals surface area contributed by atoms with Gasteiger partial charge in [0.25, 0.3) is 0 Å². The molecule has 0 aliphatic heterocycles. The van der Waals surface area contributed by atoms with Gasteiger partial charge in [-0.1, -0.05) is 23.2 Å². The fraction of sp³-hybridized carbons (Fsp3) is 0.235. The van der Waals surface area contributed by atoms with E-state index >= 15 is 0 Å². The van der Waals surface area contributed by atoms with Gasteiger partial charge in [-0.3, -0.25) is 4.90 Å². The van der Waals surface area contributed by atoms with Crippen LogP contribution >= 0.6 is 23.2 Å². The first-order valence-corrected chi connectivity index (χ1v) is 10.6. The van der Waals surface area contributed by atoms with Crippen LogP contribution in [0.25, 0.3) is 5.69 Å². The smallest absolute Gasteiger partial charge is 0.175 e. The minimum Gasteiger partial charge on any atom is -0.295 e. The van der Waals surface area contributed by atoms with Crippen LogP contribution < -0.4 is 0 Å². The third-order valence-corrected chi connectivity index (χ3v) is 5.39. The topological polar surface area (TPSA) is 81.0 Å². The highest BCUT2D eigenvalue weighted by Gasteiger charge is 2.13. The van der Waals surface area contributed by atoms with Crippen molar-refractivity contribution in [2.24, 2.45) is 0 Å². The Hall–Kier alpha value is -2.00. The van der Waals surface area contributed by atoms with Crippen LogP contribution in [-0.2, 0) is 22.9 Å². The molecular formula is C17H17Cl2N5O2S. The SMILES string of the molecule is CN(Cc1cc(Cl)cc(Cl)c1)Cc1nnnn1-c1ccc(S(C)(=O)=O)cc1. The number of benzene rings is 2. The minimum atomic E-state index is -3.25. The van der Waals surface area contributed by atoms with Gasteiger partial charge < -0.3 is 0 Å². The quantitative estimate of drug-likeness (QED) is 0.603. The summed E-state index contributed by atoms with van der Waals surface area (Å²) in [6.45, 7) is 1.09. The van der Waals surface area contributed by atoms with Crippen molar-refractivity contribution in [3.8, 4) is 5.69 Å². The number of hydrogen-bond acceptors (Lipinski definition) is 6. The molecule has 0 aliphatic rings. The van der Waals surface area contributed by atoms with E-state index in [4.69, 9.17) is 23.2 Å². The molecule has 10 heteroatoms. The third kappa shape index (κ3) is 5.04. The summed E-state index contributed by atoms with van der Waals surface area (Å²) in [5.74, 6) is 0.623. The Bertz CT molecular complexity index is 1030. The van der Waals surface area contributed by atoms with Gasteiger partial charge in [-0.2, -0.15) is 4.68 Å². The molecule has 0 unspecified atom stereocenters. The highest BCUT2D eigenvalue weighted by Crippen LogP contribution is 2.20. The van der Waals surface area contributed by atoms with Crippen molar-refractivity contribution < 1.29 is 8.42 Å². The summed E-state index contributed by atoms with van der Waals surface area (Å²) >= 11 is 12.1. The van der Waals surface area contributed by atoms with Crippen LogP contribution in [-0.4, -0.2) is 46.8 Å². The lowest BCUT2D eigenvalue weighted by Gasteiger charge is -2.16. The maximum Gasteiger partial charge on any atom is 0.175 e. The Labute approximate surface area is 167 Å². The van der Waals surface area contributed by atoms with Crippen molar-refractivity contribution in [2.75, 3.05) is 13.3 Å². The summed E-state index contributed by atoms with van der Waals surface area (Å²) in [5.41, 5.74) is 1.66. The fourth-order valence-corrected chi connectivity index (χ4v) is 3.85. The Morgan fingerprint density at radius 1 is 1.04 bits per heavy atom. The number of nitrogens with zero attached hydrogens (tertiary/aromatic N) is 5. The van der Waals surface area contributed by atoms with Crippen molar-refractivity contribution in [1.29, 1.82) is 0 Å². The molecule has 7 nitrogen and oxygen atoms in total. The van der Waals surface area contributed by atoms with Crippen LogP contribution in [0, 0.1) is 0 Å². The van der Waals surface area contributed by atoms with Gasteiger partial charge in [-0.05, 0) is 65.5 Å². The largest absolute Gasteiger partial charge is 0.295 e. The van der Waals surface area contributed by atoms with Gasteiger partial charge in [-0.25, -0.2) is 8.42 Å². The number of sulfone groups is 1. The van der Waals surface area contributed by atoms with Crippen LogP contribution in [0.3, 0.4) is 0 Å². The highest BCUT2D eigenvalue weighted by molar-refractivity contribution is 7.90. The molecule has 1 heterocycles. The second-order valence-corrected chi connectivity index (χ2v) is 9.11.